The van der Waals surface area contributed by atoms with Crippen molar-refractivity contribution in [3.8, 4) is 28.7 Å². The van der Waals surface area contributed by atoms with Crippen molar-refractivity contribution in [2.24, 2.45) is 0 Å². The molecule has 168 valence electrons. The number of ether oxygens (including phenoxy) is 1. The van der Waals surface area contributed by atoms with E-state index in [0.29, 0.717) is 17.9 Å². The fourth-order valence-electron chi connectivity index (χ4n) is 3.19. The number of nitrogens with one attached hydrogen (secondary N) is 2. The maximum Gasteiger partial charge on any atom is 0.306 e. The van der Waals surface area contributed by atoms with Crippen LogP contribution in [0.1, 0.15) is 32.0 Å². The molecule has 1 aromatic heterocycles. The molecule has 4 rings (SSSR count). The summed E-state index contributed by atoms with van der Waals surface area (Å²) in [6.45, 7) is 0.441. The summed E-state index contributed by atoms with van der Waals surface area (Å²) >= 11 is 0. The summed E-state index contributed by atoms with van der Waals surface area (Å²) in [7, 11) is 0. The van der Waals surface area contributed by atoms with Crippen molar-refractivity contribution in [3.63, 3.8) is 0 Å². The van der Waals surface area contributed by atoms with Crippen LogP contribution < -0.4 is 15.6 Å². The molecule has 8 heteroatoms. The van der Waals surface area contributed by atoms with E-state index < -0.39 is 11.8 Å². The summed E-state index contributed by atoms with van der Waals surface area (Å²) in [6.07, 6.45) is 1.38. The largest absolute Gasteiger partial charge is 0.507 e. The fourth-order valence-corrected chi connectivity index (χ4v) is 3.19. The van der Waals surface area contributed by atoms with E-state index in [9.17, 15) is 14.7 Å². The van der Waals surface area contributed by atoms with E-state index in [0.717, 1.165) is 11.1 Å². The van der Waals surface area contributed by atoms with Gasteiger partial charge in [-0.15, -0.1) is 0 Å². The topological polar surface area (TPSA) is 125 Å². The zero-order valence-electron chi connectivity index (χ0n) is 17.8. The van der Waals surface area contributed by atoms with Gasteiger partial charge in [-0.05, 0) is 47.5 Å². The highest BCUT2D eigenvalue weighted by molar-refractivity contribution is 6.01. The first-order valence-electron chi connectivity index (χ1n) is 10.2. The first kappa shape index (κ1) is 22.2. The third kappa shape index (κ3) is 5.06. The lowest BCUT2D eigenvalue weighted by molar-refractivity contribution is 0.0831. The van der Waals surface area contributed by atoms with Crippen LogP contribution in [0.15, 0.2) is 89.5 Å². The Morgan fingerprint density at radius 2 is 1.68 bits per heavy atom. The number of aromatic hydroxyl groups is 1. The summed E-state index contributed by atoms with van der Waals surface area (Å²) in [5, 5.41) is 18.5. The SMILES string of the molecule is N#Cc1cc(C(=O)NNC(=O)c2occc2-c2ccc(OCc3ccccc3)cc2)ccc1O. The standard InChI is InChI=1S/C26H19N3O5/c27-15-20-14-19(8-11-23(20)30)25(31)28-29-26(32)24-22(12-13-33-24)18-6-9-21(10-7-18)34-16-17-4-2-1-3-5-17/h1-14,30H,16H2,(H,28,31)(H,29,32). The summed E-state index contributed by atoms with van der Waals surface area (Å²) in [4.78, 5) is 24.9. The van der Waals surface area contributed by atoms with Gasteiger partial charge >= 0.3 is 5.91 Å². The van der Waals surface area contributed by atoms with Crippen LogP contribution in [0, 0.1) is 11.3 Å². The lowest BCUT2D eigenvalue weighted by atomic mass is 10.1. The number of phenols is 1. The number of rotatable bonds is 6. The van der Waals surface area contributed by atoms with Gasteiger partial charge < -0.3 is 14.3 Å². The van der Waals surface area contributed by atoms with E-state index in [4.69, 9.17) is 14.4 Å². The minimum Gasteiger partial charge on any atom is -0.507 e. The van der Waals surface area contributed by atoms with Crippen LogP contribution in [0.25, 0.3) is 11.1 Å². The average molecular weight is 453 g/mol. The molecule has 3 N–H and O–H groups in total. The van der Waals surface area contributed by atoms with Crippen molar-refractivity contribution >= 4 is 11.8 Å². The Balaban J connectivity index is 1.39. The molecule has 8 nitrogen and oxygen atoms in total. The molecule has 0 atom stereocenters. The van der Waals surface area contributed by atoms with Crippen molar-refractivity contribution in [1.29, 1.82) is 5.26 Å². The fraction of sp³-hybridized carbons (Fsp3) is 0.0385. The van der Waals surface area contributed by atoms with E-state index in [1.165, 1.54) is 24.5 Å². The molecule has 2 amide bonds. The van der Waals surface area contributed by atoms with Gasteiger partial charge in [-0.1, -0.05) is 42.5 Å². The number of carbonyl (C=O) groups excluding carboxylic acids is 2. The van der Waals surface area contributed by atoms with Gasteiger partial charge in [0.1, 0.15) is 24.2 Å². The van der Waals surface area contributed by atoms with Crippen LogP contribution in [0.5, 0.6) is 11.5 Å². The van der Waals surface area contributed by atoms with Crippen LogP contribution in [0.2, 0.25) is 0 Å². The Kier molecular flexibility index (Phi) is 6.56. The summed E-state index contributed by atoms with van der Waals surface area (Å²) in [5.41, 5.74) is 6.93. The third-order valence-electron chi connectivity index (χ3n) is 4.95. The number of amides is 2. The highest BCUT2D eigenvalue weighted by atomic mass is 16.5. The highest BCUT2D eigenvalue weighted by Gasteiger charge is 2.18. The predicted molar refractivity (Wildman–Crippen MR) is 123 cm³/mol. The van der Waals surface area contributed by atoms with E-state index in [-0.39, 0.29) is 22.6 Å². The van der Waals surface area contributed by atoms with Crippen molar-refractivity contribution < 1.29 is 23.8 Å². The Morgan fingerprint density at radius 3 is 2.41 bits per heavy atom. The number of benzene rings is 3. The maximum absolute atomic E-state index is 12.6. The van der Waals surface area contributed by atoms with Crippen LogP contribution in [0.4, 0.5) is 0 Å². The number of nitriles is 1. The molecular weight excluding hydrogens is 434 g/mol. The molecule has 0 aliphatic heterocycles. The molecule has 0 radical (unpaired) electrons. The Bertz CT molecular complexity index is 1360. The second-order valence-corrected chi connectivity index (χ2v) is 7.21. The van der Waals surface area contributed by atoms with Gasteiger partial charge in [0.05, 0.1) is 11.8 Å². The van der Waals surface area contributed by atoms with Crippen molar-refractivity contribution in [3.05, 3.63) is 108 Å². The number of furan rings is 1. The van der Waals surface area contributed by atoms with Crippen molar-refractivity contribution in [1.82, 2.24) is 10.9 Å². The Hall–Kier alpha value is -5.03. The number of phenolic OH excluding ortho intramolecular Hbond substituents is 1. The normalized spacial score (nSPS) is 10.2. The quantitative estimate of drug-likeness (QED) is 0.376. The lowest BCUT2D eigenvalue weighted by Gasteiger charge is -2.09. The summed E-state index contributed by atoms with van der Waals surface area (Å²) in [5.74, 6) is -0.851. The monoisotopic (exact) mass is 453 g/mol. The second-order valence-electron chi connectivity index (χ2n) is 7.21. The number of hydrazine groups is 1. The molecule has 1 heterocycles. The van der Waals surface area contributed by atoms with E-state index in [1.807, 2.05) is 30.3 Å². The number of carbonyl (C=O) groups is 2. The van der Waals surface area contributed by atoms with Crippen LogP contribution in [-0.2, 0) is 6.61 Å². The molecule has 0 unspecified atom stereocenters. The van der Waals surface area contributed by atoms with Gasteiger partial charge in [-0.25, -0.2) is 0 Å². The average Bonchev–Trinajstić information content (AvgIpc) is 3.37. The van der Waals surface area contributed by atoms with Crippen LogP contribution in [0.3, 0.4) is 0 Å². The van der Waals surface area contributed by atoms with Crippen molar-refractivity contribution in [2.75, 3.05) is 0 Å². The minimum atomic E-state index is -0.656. The third-order valence-corrected chi connectivity index (χ3v) is 4.95. The van der Waals surface area contributed by atoms with Crippen LogP contribution >= 0.6 is 0 Å². The number of nitrogens with zero attached hydrogens (tertiary/aromatic N) is 1. The zero-order valence-corrected chi connectivity index (χ0v) is 17.8. The zero-order chi connectivity index (χ0) is 23.9. The highest BCUT2D eigenvalue weighted by Crippen LogP contribution is 2.27. The molecular formula is C26H19N3O5. The predicted octanol–water partition coefficient (Wildman–Crippen LogP) is 4.18. The summed E-state index contributed by atoms with van der Waals surface area (Å²) in [6, 6.07) is 24.2. The number of hydrogen-bond acceptors (Lipinski definition) is 6. The van der Waals surface area contributed by atoms with Gasteiger partial charge in [0.25, 0.3) is 5.91 Å². The molecule has 0 bridgehead atoms. The molecule has 0 spiro atoms. The van der Waals surface area contributed by atoms with Gasteiger partial charge in [-0.2, -0.15) is 5.26 Å². The molecule has 0 aliphatic rings. The molecule has 0 aliphatic carbocycles. The van der Waals surface area contributed by atoms with Gasteiger partial charge in [-0.3, -0.25) is 20.4 Å². The van der Waals surface area contributed by atoms with Gasteiger partial charge in [0, 0.05) is 11.1 Å². The number of hydrogen-bond donors (Lipinski definition) is 3. The van der Waals surface area contributed by atoms with E-state index in [1.54, 1.807) is 36.4 Å². The molecule has 0 fully saturated rings. The molecule has 3 aromatic carbocycles. The Labute approximate surface area is 195 Å². The smallest absolute Gasteiger partial charge is 0.306 e. The molecule has 0 saturated carbocycles. The van der Waals surface area contributed by atoms with Crippen LogP contribution in [-0.4, -0.2) is 16.9 Å². The van der Waals surface area contributed by atoms with E-state index >= 15 is 0 Å². The molecule has 4 aromatic rings. The van der Waals surface area contributed by atoms with E-state index in [2.05, 4.69) is 10.9 Å². The second kappa shape index (κ2) is 10.1. The minimum absolute atomic E-state index is 0.0154. The molecule has 34 heavy (non-hydrogen) atoms. The maximum atomic E-state index is 12.6. The first-order chi connectivity index (χ1) is 16.5. The van der Waals surface area contributed by atoms with Gasteiger partial charge in [0.15, 0.2) is 0 Å². The molecule has 0 saturated heterocycles. The first-order valence-corrected chi connectivity index (χ1v) is 10.2. The van der Waals surface area contributed by atoms with Crippen molar-refractivity contribution in [2.45, 2.75) is 6.61 Å². The summed E-state index contributed by atoms with van der Waals surface area (Å²) < 4.78 is 11.1. The lowest BCUT2D eigenvalue weighted by Crippen LogP contribution is -2.41. The Morgan fingerprint density at radius 1 is 0.941 bits per heavy atom. The van der Waals surface area contributed by atoms with Gasteiger partial charge in [0.2, 0.25) is 5.76 Å².